The topological polar surface area (TPSA) is 79.4 Å². The monoisotopic (exact) mass is 489 g/mol. The van der Waals surface area contributed by atoms with Crippen molar-refractivity contribution in [2.75, 3.05) is 17.2 Å². The first-order valence-corrected chi connectivity index (χ1v) is 13.3. The summed E-state index contributed by atoms with van der Waals surface area (Å²) >= 11 is 2.88. The van der Waals surface area contributed by atoms with E-state index in [1.807, 2.05) is 42.5 Å². The summed E-state index contributed by atoms with van der Waals surface area (Å²) in [4.78, 5) is 44.4. The van der Waals surface area contributed by atoms with Gasteiger partial charge < -0.3 is 5.32 Å². The van der Waals surface area contributed by atoms with E-state index in [4.69, 9.17) is 0 Å². The number of carbonyl (C=O) groups excluding carboxylic acids is 3. The van der Waals surface area contributed by atoms with Crippen LogP contribution in [0, 0.1) is 23.7 Å². The highest BCUT2D eigenvalue weighted by Crippen LogP contribution is 2.53. The summed E-state index contributed by atoms with van der Waals surface area (Å²) < 4.78 is 1.70. The van der Waals surface area contributed by atoms with Crippen molar-refractivity contribution in [3.8, 4) is 0 Å². The molecule has 6 rings (SSSR count). The maximum absolute atomic E-state index is 13.1. The molecule has 1 aliphatic heterocycles. The fraction of sp³-hybridized carbons (Fsp3) is 0.308. The van der Waals surface area contributed by atoms with Gasteiger partial charge in [0.2, 0.25) is 17.7 Å². The number of hydrogen-bond acceptors (Lipinski definition) is 6. The molecule has 0 unspecified atom stereocenters. The van der Waals surface area contributed by atoms with Crippen LogP contribution in [0.15, 0.2) is 65.0 Å². The van der Waals surface area contributed by atoms with E-state index < -0.39 is 0 Å². The fourth-order valence-electron chi connectivity index (χ4n) is 5.42. The van der Waals surface area contributed by atoms with Gasteiger partial charge in [-0.1, -0.05) is 54.2 Å². The van der Waals surface area contributed by atoms with Gasteiger partial charge in [0, 0.05) is 6.54 Å². The second-order valence-corrected chi connectivity index (χ2v) is 11.3. The minimum absolute atomic E-state index is 0.0242. The molecule has 3 aromatic rings. The highest BCUT2D eigenvalue weighted by atomic mass is 32.2. The van der Waals surface area contributed by atoms with Crippen LogP contribution >= 0.6 is 23.1 Å². The predicted octanol–water partition coefficient (Wildman–Crippen LogP) is 4.06. The van der Waals surface area contributed by atoms with Crippen LogP contribution in [0.4, 0.5) is 5.69 Å². The molecule has 172 valence electrons. The summed E-state index contributed by atoms with van der Waals surface area (Å²) in [5.74, 6) is 0.121. The van der Waals surface area contributed by atoms with Gasteiger partial charge in [0.15, 0.2) is 4.34 Å². The van der Waals surface area contributed by atoms with Crippen molar-refractivity contribution in [3.05, 3.63) is 66.2 Å². The molecule has 8 heteroatoms. The highest BCUT2D eigenvalue weighted by Gasteiger charge is 2.59. The van der Waals surface area contributed by atoms with Crippen LogP contribution in [0.2, 0.25) is 0 Å². The summed E-state index contributed by atoms with van der Waals surface area (Å²) in [5.41, 5.74) is 2.62. The molecule has 2 aromatic carbocycles. The first-order chi connectivity index (χ1) is 16.6. The molecule has 2 heterocycles. The lowest BCUT2D eigenvalue weighted by Crippen LogP contribution is -2.32. The molecule has 3 amide bonds. The largest absolute Gasteiger partial charge is 0.355 e. The SMILES string of the molecule is O=C(CSc1nc2ccc(N3C(=O)[C@@H]4[C@@H](C3=O)[C@H]3C=C[C@H]4C3)cc2s1)NCCc1ccccc1. The van der Waals surface area contributed by atoms with Crippen molar-refractivity contribution in [1.82, 2.24) is 10.3 Å². The number of fused-ring (bicyclic) bond motifs is 6. The molecular formula is C26H23N3O3S2. The fourth-order valence-corrected chi connectivity index (χ4v) is 7.35. The van der Waals surface area contributed by atoms with Crippen molar-refractivity contribution in [2.24, 2.45) is 23.7 Å². The van der Waals surface area contributed by atoms with Crippen LogP contribution in [0.5, 0.6) is 0 Å². The Morgan fingerprint density at radius 2 is 1.79 bits per heavy atom. The molecule has 0 radical (unpaired) electrons. The number of nitrogens with zero attached hydrogens (tertiary/aromatic N) is 2. The van der Waals surface area contributed by atoms with Crippen molar-refractivity contribution in [3.63, 3.8) is 0 Å². The Kier molecular flexibility index (Phi) is 5.50. The number of thiazole rings is 1. The van der Waals surface area contributed by atoms with Gasteiger partial charge in [-0.05, 0) is 48.4 Å². The molecule has 2 bridgehead atoms. The van der Waals surface area contributed by atoms with Crippen molar-refractivity contribution in [2.45, 2.75) is 17.2 Å². The summed E-state index contributed by atoms with van der Waals surface area (Å²) in [6, 6.07) is 15.6. The first kappa shape index (κ1) is 21.6. The average molecular weight is 490 g/mol. The molecule has 1 saturated heterocycles. The quantitative estimate of drug-likeness (QED) is 0.308. The van der Waals surface area contributed by atoms with E-state index in [0.717, 1.165) is 27.4 Å². The number of carbonyl (C=O) groups is 3. The number of rotatable bonds is 7. The van der Waals surface area contributed by atoms with E-state index in [9.17, 15) is 14.4 Å². The van der Waals surface area contributed by atoms with Crippen molar-refractivity contribution < 1.29 is 14.4 Å². The molecule has 2 fully saturated rings. The van der Waals surface area contributed by atoms with E-state index in [1.165, 1.54) is 33.6 Å². The molecule has 4 atom stereocenters. The second kappa shape index (κ2) is 8.67. The Balaban J connectivity index is 1.09. The number of amides is 3. The van der Waals surface area contributed by atoms with E-state index in [2.05, 4.69) is 22.5 Å². The Bertz CT molecular complexity index is 1290. The maximum atomic E-state index is 13.1. The summed E-state index contributed by atoms with van der Waals surface area (Å²) in [6.45, 7) is 0.601. The number of anilines is 1. The Morgan fingerprint density at radius 1 is 1.06 bits per heavy atom. The summed E-state index contributed by atoms with van der Waals surface area (Å²) in [5, 5.41) is 2.95. The van der Waals surface area contributed by atoms with Gasteiger partial charge in [-0.15, -0.1) is 11.3 Å². The first-order valence-electron chi connectivity index (χ1n) is 11.5. The number of allylic oxidation sites excluding steroid dienone is 2. The normalized spacial score (nSPS) is 24.9. The molecule has 1 aromatic heterocycles. The molecule has 1 saturated carbocycles. The van der Waals surface area contributed by atoms with E-state index >= 15 is 0 Å². The predicted molar refractivity (Wildman–Crippen MR) is 134 cm³/mol. The Hall–Kier alpha value is -2.97. The lowest BCUT2D eigenvalue weighted by molar-refractivity contribution is -0.123. The summed E-state index contributed by atoms with van der Waals surface area (Å²) in [7, 11) is 0. The minimum atomic E-state index is -0.203. The van der Waals surface area contributed by atoms with Crippen LogP contribution in [-0.4, -0.2) is 35.0 Å². The molecule has 1 N–H and O–H groups in total. The minimum Gasteiger partial charge on any atom is -0.355 e. The van der Waals surface area contributed by atoms with Gasteiger partial charge in [0.05, 0.1) is 33.5 Å². The number of benzene rings is 2. The number of hydrogen-bond donors (Lipinski definition) is 1. The molecule has 3 aliphatic rings. The van der Waals surface area contributed by atoms with E-state index in [-0.39, 0.29) is 41.4 Å². The lowest BCUT2D eigenvalue weighted by Gasteiger charge is -2.17. The number of thioether (sulfide) groups is 1. The van der Waals surface area contributed by atoms with Gasteiger partial charge >= 0.3 is 0 Å². The molecular weight excluding hydrogens is 466 g/mol. The smallest absolute Gasteiger partial charge is 0.238 e. The average Bonchev–Trinajstić information content (AvgIpc) is 3.61. The number of aromatic nitrogens is 1. The van der Waals surface area contributed by atoms with Crippen LogP contribution in [0.1, 0.15) is 12.0 Å². The Morgan fingerprint density at radius 3 is 2.53 bits per heavy atom. The molecule has 2 aliphatic carbocycles. The van der Waals surface area contributed by atoms with Gasteiger partial charge in [0.1, 0.15) is 0 Å². The highest BCUT2D eigenvalue weighted by molar-refractivity contribution is 8.01. The second-order valence-electron chi connectivity index (χ2n) is 9.02. The summed E-state index contributed by atoms with van der Waals surface area (Å²) in [6.07, 6.45) is 5.94. The molecule has 34 heavy (non-hydrogen) atoms. The molecule has 6 nitrogen and oxygen atoms in total. The number of nitrogens with one attached hydrogen (secondary N) is 1. The third-order valence-corrected chi connectivity index (χ3v) is 9.15. The van der Waals surface area contributed by atoms with Gasteiger partial charge in [-0.25, -0.2) is 9.88 Å². The third kappa shape index (κ3) is 3.75. The van der Waals surface area contributed by atoms with Crippen LogP contribution in [0.25, 0.3) is 10.2 Å². The molecule has 0 spiro atoms. The zero-order chi connectivity index (χ0) is 23.2. The number of imide groups is 1. The lowest BCUT2D eigenvalue weighted by atomic mass is 9.85. The van der Waals surface area contributed by atoms with Gasteiger partial charge in [-0.3, -0.25) is 14.4 Å². The van der Waals surface area contributed by atoms with Crippen LogP contribution in [0.3, 0.4) is 0 Å². The maximum Gasteiger partial charge on any atom is 0.238 e. The third-order valence-electron chi connectivity index (χ3n) is 6.99. The van der Waals surface area contributed by atoms with E-state index in [1.54, 1.807) is 6.07 Å². The zero-order valence-corrected chi connectivity index (χ0v) is 20.0. The van der Waals surface area contributed by atoms with Crippen LogP contribution in [-0.2, 0) is 20.8 Å². The van der Waals surface area contributed by atoms with E-state index in [0.29, 0.717) is 18.0 Å². The van der Waals surface area contributed by atoms with Crippen molar-refractivity contribution >= 4 is 56.7 Å². The zero-order valence-electron chi connectivity index (χ0n) is 18.3. The van der Waals surface area contributed by atoms with Gasteiger partial charge in [0.25, 0.3) is 0 Å². The van der Waals surface area contributed by atoms with Crippen LogP contribution < -0.4 is 10.2 Å². The van der Waals surface area contributed by atoms with Crippen molar-refractivity contribution in [1.29, 1.82) is 0 Å². The van der Waals surface area contributed by atoms with Gasteiger partial charge in [-0.2, -0.15) is 0 Å². The Labute approximate surface area is 205 Å². The standard InChI is InChI=1S/C26H23N3O3S2/c30-21(27-11-10-15-4-2-1-3-5-15)14-33-26-28-19-9-8-18(13-20(19)34-26)29-24(31)22-16-6-7-17(12-16)23(22)25(29)32/h1-9,13,16-17,22-23H,10-12,14H2,(H,27,30)/t16-,17-,22-,23-/m0/s1.